The fraction of sp³-hybridized carbons (Fsp3) is 0.500. The molecule has 0 saturated heterocycles. The van der Waals surface area contributed by atoms with Crippen molar-refractivity contribution >= 4 is 28.9 Å². The maximum atomic E-state index is 11.7. The van der Waals surface area contributed by atoms with Gasteiger partial charge in [-0.3, -0.25) is 4.79 Å². The quantitative estimate of drug-likeness (QED) is 0.889. The summed E-state index contributed by atoms with van der Waals surface area (Å²) in [4.78, 5) is 27.0. The third-order valence-corrected chi connectivity index (χ3v) is 3.68. The third kappa shape index (κ3) is 3.37. The minimum Gasteiger partial charge on any atom is -0.477 e. The second-order valence-electron chi connectivity index (χ2n) is 4.29. The van der Waals surface area contributed by atoms with Gasteiger partial charge in [-0.25, -0.2) is 14.8 Å². The lowest BCUT2D eigenvalue weighted by Gasteiger charge is -2.21. The average Bonchev–Trinajstić information content (AvgIpc) is 2.80. The Kier molecular flexibility index (Phi) is 4.26. The van der Waals surface area contributed by atoms with Crippen molar-refractivity contribution < 1.29 is 14.7 Å². The van der Waals surface area contributed by atoms with E-state index in [0.29, 0.717) is 0 Å². The fourth-order valence-electron chi connectivity index (χ4n) is 1.78. The molecule has 0 aromatic carbocycles. The number of hydrazone groups is 1. The van der Waals surface area contributed by atoms with Gasteiger partial charge in [-0.1, -0.05) is 6.92 Å². The molecular formula is C12H15N3O3S. The van der Waals surface area contributed by atoms with Crippen LogP contribution >= 0.6 is 11.3 Å². The lowest BCUT2D eigenvalue weighted by Crippen LogP contribution is -2.33. The van der Waals surface area contributed by atoms with Crippen LogP contribution in [0.2, 0.25) is 0 Å². The first-order valence-electron chi connectivity index (χ1n) is 6.14. The second-order valence-corrected chi connectivity index (χ2v) is 5.23. The number of thiazole rings is 1. The van der Waals surface area contributed by atoms with E-state index in [1.165, 1.54) is 5.01 Å². The van der Waals surface area contributed by atoms with Crippen LogP contribution in [0.5, 0.6) is 0 Å². The molecule has 0 atom stereocenters. The molecule has 1 aromatic rings. The van der Waals surface area contributed by atoms with E-state index in [1.807, 2.05) is 5.38 Å². The van der Waals surface area contributed by atoms with Gasteiger partial charge in [-0.15, -0.1) is 11.3 Å². The SMILES string of the molecule is CCCc1nc(CN2N=C(C(=O)O)CCC2=O)cs1. The van der Waals surface area contributed by atoms with Crippen molar-refractivity contribution in [1.29, 1.82) is 0 Å². The summed E-state index contributed by atoms with van der Waals surface area (Å²) >= 11 is 1.56. The fourth-order valence-corrected chi connectivity index (χ4v) is 2.67. The standard InChI is InChI=1S/C12H15N3O3S/c1-2-3-10-13-8(7-19-10)6-15-11(16)5-4-9(14-15)12(17)18/h7H,2-6H2,1H3,(H,17,18). The van der Waals surface area contributed by atoms with Gasteiger partial charge < -0.3 is 5.11 Å². The molecule has 2 rings (SSSR count). The number of aryl methyl sites for hydroxylation is 1. The summed E-state index contributed by atoms with van der Waals surface area (Å²) in [6.45, 7) is 2.33. The molecule has 0 radical (unpaired) electrons. The van der Waals surface area contributed by atoms with Crippen molar-refractivity contribution in [2.45, 2.75) is 39.2 Å². The van der Waals surface area contributed by atoms with Gasteiger partial charge in [0.1, 0.15) is 5.71 Å². The molecule has 1 aliphatic rings. The van der Waals surface area contributed by atoms with Crippen molar-refractivity contribution in [3.63, 3.8) is 0 Å². The Hall–Kier alpha value is -1.76. The zero-order valence-corrected chi connectivity index (χ0v) is 11.4. The zero-order chi connectivity index (χ0) is 13.8. The second kappa shape index (κ2) is 5.92. The van der Waals surface area contributed by atoms with Crippen LogP contribution in [0.3, 0.4) is 0 Å². The third-order valence-electron chi connectivity index (χ3n) is 2.73. The number of aliphatic carboxylic acids is 1. The maximum Gasteiger partial charge on any atom is 0.352 e. The largest absolute Gasteiger partial charge is 0.477 e. The minimum atomic E-state index is -1.07. The number of carbonyl (C=O) groups excluding carboxylic acids is 1. The summed E-state index contributed by atoms with van der Waals surface area (Å²) < 4.78 is 0. The molecule has 1 aromatic heterocycles. The van der Waals surface area contributed by atoms with Gasteiger partial charge in [0.05, 0.1) is 17.2 Å². The van der Waals surface area contributed by atoms with E-state index >= 15 is 0 Å². The van der Waals surface area contributed by atoms with Crippen molar-refractivity contribution in [3.8, 4) is 0 Å². The van der Waals surface area contributed by atoms with Crippen LogP contribution < -0.4 is 0 Å². The lowest BCUT2D eigenvalue weighted by atomic mass is 10.1. The summed E-state index contributed by atoms with van der Waals surface area (Å²) in [6, 6.07) is 0. The van der Waals surface area contributed by atoms with Crippen LogP contribution in [0.4, 0.5) is 0 Å². The number of hydrogen-bond acceptors (Lipinski definition) is 5. The predicted molar refractivity (Wildman–Crippen MR) is 71.0 cm³/mol. The Morgan fingerprint density at radius 3 is 3.00 bits per heavy atom. The molecule has 2 heterocycles. The van der Waals surface area contributed by atoms with E-state index in [9.17, 15) is 9.59 Å². The Labute approximate surface area is 114 Å². The Bertz CT molecular complexity index is 524. The molecule has 6 nitrogen and oxygen atoms in total. The first kappa shape index (κ1) is 13.7. The number of carboxylic acids is 1. The first-order valence-corrected chi connectivity index (χ1v) is 7.02. The number of amides is 1. The number of hydrogen-bond donors (Lipinski definition) is 1. The number of nitrogens with zero attached hydrogens (tertiary/aromatic N) is 3. The van der Waals surface area contributed by atoms with Crippen LogP contribution in [-0.4, -0.2) is 32.7 Å². The van der Waals surface area contributed by atoms with Gasteiger partial charge in [0.25, 0.3) is 0 Å². The van der Waals surface area contributed by atoms with Crippen LogP contribution in [0, 0.1) is 0 Å². The number of carboxylic acid groups (broad SMARTS) is 1. The summed E-state index contributed by atoms with van der Waals surface area (Å²) in [6.07, 6.45) is 2.33. The molecular weight excluding hydrogens is 266 g/mol. The Morgan fingerprint density at radius 1 is 1.53 bits per heavy atom. The monoisotopic (exact) mass is 281 g/mol. The summed E-state index contributed by atoms with van der Waals surface area (Å²) in [5.74, 6) is -1.22. The van der Waals surface area contributed by atoms with Crippen LogP contribution in [0.15, 0.2) is 10.5 Å². The molecule has 0 saturated carbocycles. The molecule has 19 heavy (non-hydrogen) atoms. The van der Waals surface area contributed by atoms with Crippen molar-refractivity contribution in [2.24, 2.45) is 5.10 Å². The normalized spacial score (nSPS) is 15.5. The molecule has 102 valence electrons. The van der Waals surface area contributed by atoms with E-state index in [0.717, 1.165) is 23.5 Å². The average molecular weight is 281 g/mol. The van der Waals surface area contributed by atoms with Crippen LogP contribution in [0.25, 0.3) is 0 Å². The summed E-state index contributed by atoms with van der Waals surface area (Å²) in [7, 11) is 0. The van der Waals surface area contributed by atoms with Crippen molar-refractivity contribution in [1.82, 2.24) is 9.99 Å². The molecule has 0 spiro atoms. The summed E-state index contributed by atoms with van der Waals surface area (Å²) in [5.41, 5.74) is 0.792. The molecule has 0 aliphatic carbocycles. The number of rotatable bonds is 5. The molecule has 1 aliphatic heterocycles. The van der Waals surface area contributed by atoms with Gasteiger partial charge in [0.15, 0.2) is 0 Å². The molecule has 0 fully saturated rings. The minimum absolute atomic E-state index is 0.0311. The summed E-state index contributed by atoms with van der Waals surface area (Å²) in [5, 5.41) is 16.9. The number of aromatic nitrogens is 1. The first-order chi connectivity index (χ1) is 9.10. The van der Waals surface area contributed by atoms with Gasteiger partial charge in [-0.2, -0.15) is 5.10 Å². The van der Waals surface area contributed by atoms with Crippen molar-refractivity contribution in [3.05, 3.63) is 16.1 Å². The lowest BCUT2D eigenvalue weighted by molar-refractivity contribution is -0.133. The molecule has 1 N–H and O–H groups in total. The van der Waals surface area contributed by atoms with E-state index in [1.54, 1.807) is 11.3 Å². The van der Waals surface area contributed by atoms with Crippen LogP contribution in [-0.2, 0) is 22.6 Å². The van der Waals surface area contributed by atoms with Gasteiger partial charge in [0.2, 0.25) is 5.91 Å². The zero-order valence-electron chi connectivity index (χ0n) is 10.6. The highest BCUT2D eigenvalue weighted by atomic mass is 32.1. The van der Waals surface area contributed by atoms with Gasteiger partial charge in [-0.05, 0) is 12.8 Å². The molecule has 1 amide bonds. The topological polar surface area (TPSA) is 82.9 Å². The van der Waals surface area contributed by atoms with E-state index in [2.05, 4.69) is 17.0 Å². The van der Waals surface area contributed by atoms with E-state index in [-0.39, 0.29) is 31.0 Å². The predicted octanol–water partition coefficient (Wildman–Crippen LogP) is 1.66. The van der Waals surface area contributed by atoms with E-state index < -0.39 is 5.97 Å². The van der Waals surface area contributed by atoms with Gasteiger partial charge in [0, 0.05) is 18.2 Å². The van der Waals surface area contributed by atoms with Crippen LogP contribution in [0.1, 0.15) is 36.9 Å². The Balaban J connectivity index is 2.09. The maximum absolute atomic E-state index is 11.7. The highest BCUT2D eigenvalue weighted by Gasteiger charge is 2.24. The number of carbonyl (C=O) groups is 2. The molecule has 7 heteroatoms. The van der Waals surface area contributed by atoms with Crippen molar-refractivity contribution in [2.75, 3.05) is 0 Å². The highest BCUT2D eigenvalue weighted by molar-refractivity contribution is 7.09. The molecule has 0 unspecified atom stereocenters. The smallest absolute Gasteiger partial charge is 0.352 e. The highest BCUT2D eigenvalue weighted by Crippen LogP contribution is 2.17. The molecule has 0 bridgehead atoms. The van der Waals surface area contributed by atoms with Gasteiger partial charge >= 0.3 is 5.97 Å². The Morgan fingerprint density at radius 2 is 2.32 bits per heavy atom. The van der Waals surface area contributed by atoms with E-state index in [4.69, 9.17) is 5.11 Å².